The Morgan fingerprint density at radius 1 is 1.14 bits per heavy atom. The third kappa shape index (κ3) is 4.33. The predicted molar refractivity (Wildman–Crippen MR) is 108 cm³/mol. The van der Waals surface area contributed by atoms with E-state index in [4.69, 9.17) is 4.74 Å². The third-order valence-corrected chi connectivity index (χ3v) is 5.61. The Bertz CT molecular complexity index is 831. The van der Waals surface area contributed by atoms with E-state index in [1.807, 2.05) is 19.9 Å². The van der Waals surface area contributed by atoms with E-state index in [0.29, 0.717) is 11.6 Å². The first-order chi connectivity index (χ1) is 13.6. The summed E-state index contributed by atoms with van der Waals surface area (Å²) < 4.78 is 5.89. The van der Waals surface area contributed by atoms with Gasteiger partial charge in [0.05, 0.1) is 12.4 Å². The lowest BCUT2D eigenvalue weighted by Gasteiger charge is -2.36. The molecule has 1 aliphatic carbocycles. The molecular formula is C22H28N4O2. The van der Waals surface area contributed by atoms with Crippen molar-refractivity contribution in [1.29, 1.82) is 0 Å². The molecule has 1 aromatic carbocycles. The van der Waals surface area contributed by atoms with Gasteiger partial charge in [-0.05, 0) is 62.8 Å². The number of rotatable bonds is 5. The van der Waals surface area contributed by atoms with Gasteiger partial charge in [0.1, 0.15) is 11.4 Å². The molecule has 1 fully saturated rings. The fourth-order valence-corrected chi connectivity index (χ4v) is 3.84. The molecule has 0 bridgehead atoms. The van der Waals surface area contributed by atoms with E-state index >= 15 is 0 Å². The van der Waals surface area contributed by atoms with Crippen LogP contribution in [-0.4, -0.2) is 45.9 Å². The molecule has 0 spiro atoms. The van der Waals surface area contributed by atoms with Crippen molar-refractivity contribution in [3.8, 4) is 11.6 Å². The van der Waals surface area contributed by atoms with Gasteiger partial charge in [-0.2, -0.15) is 0 Å². The summed E-state index contributed by atoms with van der Waals surface area (Å²) in [6.45, 7) is 6.10. The fourth-order valence-electron chi connectivity index (χ4n) is 3.84. The minimum absolute atomic E-state index is 0.0602. The first-order valence-electron chi connectivity index (χ1n) is 10.2. The third-order valence-electron chi connectivity index (χ3n) is 5.61. The smallest absolute Gasteiger partial charge is 0.271 e. The molecule has 2 aromatic rings. The second kappa shape index (κ2) is 8.27. The molecule has 6 nitrogen and oxygen atoms in total. The molecule has 1 amide bonds. The quantitative estimate of drug-likeness (QED) is 0.861. The van der Waals surface area contributed by atoms with Crippen LogP contribution in [0.15, 0.2) is 30.6 Å². The molecule has 1 saturated carbocycles. The number of nitrogens with zero attached hydrogens (tertiary/aromatic N) is 3. The molecule has 0 radical (unpaired) electrons. The maximum Gasteiger partial charge on any atom is 0.271 e. The molecule has 1 aliphatic heterocycles. The Labute approximate surface area is 166 Å². The zero-order valence-corrected chi connectivity index (χ0v) is 16.6. The van der Waals surface area contributed by atoms with E-state index in [2.05, 4.69) is 32.3 Å². The van der Waals surface area contributed by atoms with Gasteiger partial charge in [-0.3, -0.25) is 9.69 Å². The summed E-state index contributed by atoms with van der Waals surface area (Å²) in [6, 6.07) is 7.16. The van der Waals surface area contributed by atoms with Gasteiger partial charge >= 0.3 is 0 Å². The molecule has 4 rings (SSSR count). The maximum absolute atomic E-state index is 12.0. The van der Waals surface area contributed by atoms with Crippen molar-refractivity contribution in [3.05, 3.63) is 47.4 Å². The topological polar surface area (TPSA) is 67.3 Å². The van der Waals surface area contributed by atoms with Gasteiger partial charge in [-0.1, -0.05) is 12.5 Å². The fraction of sp³-hybridized carbons (Fsp3) is 0.500. The Kier molecular flexibility index (Phi) is 5.57. The average Bonchev–Trinajstić information content (AvgIpc) is 2.83. The van der Waals surface area contributed by atoms with Crippen LogP contribution < -0.4 is 10.1 Å². The number of benzene rings is 1. The number of nitrogens with one attached hydrogen (secondary N) is 1. The van der Waals surface area contributed by atoms with Gasteiger partial charge in [0.25, 0.3) is 5.91 Å². The highest BCUT2D eigenvalue weighted by Gasteiger charge is 2.26. The first-order valence-corrected chi connectivity index (χ1v) is 10.2. The van der Waals surface area contributed by atoms with E-state index in [1.165, 1.54) is 42.8 Å². The molecule has 0 saturated heterocycles. The van der Waals surface area contributed by atoms with Crippen molar-refractivity contribution in [2.24, 2.45) is 0 Å². The van der Waals surface area contributed by atoms with E-state index < -0.39 is 0 Å². The highest BCUT2D eigenvalue weighted by molar-refractivity contribution is 5.92. The molecule has 2 aliphatic rings. The van der Waals surface area contributed by atoms with E-state index in [0.717, 1.165) is 37.7 Å². The van der Waals surface area contributed by atoms with Crippen LogP contribution in [-0.2, 0) is 12.8 Å². The predicted octanol–water partition coefficient (Wildman–Crippen LogP) is 3.36. The second-order valence-corrected chi connectivity index (χ2v) is 8.02. The largest absolute Gasteiger partial charge is 0.437 e. The SMILES string of the molecule is CC(C)NC(=O)c1cnc(Oc2ccc3c(c2)CCN(C2CCC2)CC3)cn1. The molecule has 1 aromatic heterocycles. The number of hydrogen-bond acceptors (Lipinski definition) is 5. The van der Waals surface area contributed by atoms with E-state index in [1.54, 1.807) is 0 Å². The van der Waals surface area contributed by atoms with Gasteiger partial charge in [0.2, 0.25) is 5.88 Å². The van der Waals surface area contributed by atoms with Crippen LogP contribution in [0, 0.1) is 0 Å². The van der Waals surface area contributed by atoms with Crippen LogP contribution in [0.5, 0.6) is 11.6 Å². The number of fused-ring (bicyclic) bond motifs is 1. The lowest BCUT2D eigenvalue weighted by molar-refractivity contribution is 0.0937. The standard InChI is InChI=1S/C22H28N4O2/c1-15(2)25-22(27)20-13-24-21(14-23-20)28-19-7-6-16-8-10-26(18-4-3-5-18)11-9-17(16)12-19/h6-7,12-15,18H,3-5,8-11H2,1-2H3,(H,25,27). The number of carbonyl (C=O) groups is 1. The minimum atomic E-state index is -0.227. The van der Waals surface area contributed by atoms with Crippen molar-refractivity contribution < 1.29 is 9.53 Å². The number of carbonyl (C=O) groups excluding carboxylic acids is 1. The molecule has 1 N–H and O–H groups in total. The summed E-state index contributed by atoms with van der Waals surface area (Å²) in [5.41, 5.74) is 3.07. The minimum Gasteiger partial charge on any atom is -0.437 e. The summed E-state index contributed by atoms with van der Waals surface area (Å²) in [5, 5.41) is 2.80. The van der Waals surface area contributed by atoms with Crippen LogP contribution in [0.25, 0.3) is 0 Å². The van der Waals surface area contributed by atoms with Crippen molar-refractivity contribution in [2.45, 2.75) is 58.0 Å². The van der Waals surface area contributed by atoms with E-state index in [-0.39, 0.29) is 11.9 Å². The number of ether oxygens (including phenoxy) is 1. The van der Waals surface area contributed by atoms with Crippen LogP contribution in [0.1, 0.15) is 54.7 Å². The molecule has 148 valence electrons. The Hall–Kier alpha value is -2.47. The zero-order valence-electron chi connectivity index (χ0n) is 16.6. The lowest BCUT2D eigenvalue weighted by atomic mass is 9.91. The monoisotopic (exact) mass is 380 g/mol. The summed E-state index contributed by atoms with van der Waals surface area (Å²) >= 11 is 0. The van der Waals surface area contributed by atoms with Crippen molar-refractivity contribution in [2.75, 3.05) is 13.1 Å². The summed E-state index contributed by atoms with van der Waals surface area (Å²) in [6.07, 6.45) is 9.20. The van der Waals surface area contributed by atoms with Crippen LogP contribution in [0.4, 0.5) is 0 Å². The van der Waals surface area contributed by atoms with E-state index in [9.17, 15) is 4.79 Å². The Morgan fingerprint density at radius 3 is 2.57 bits per heavy atom. The second-order valence-electron chi connectivity index (χ2n) is 8.02. The van der Waals surface area contributed by atoms with Crippen LogP contribution >= 0.6 is 0 Å². The van der Waals surface area contributed by atoms with Crippen molar-refractivity contribution in [1.82, 2.24) is 20.2 Å². The van der Waals surface area contributed by atoms with Gasteiger partial charge in [0, 0.05) is 25.2 Å². The Balaban J connectivity index is 1.41. The summed E-state index contributed by atoms with van der Waals surface area (Å²) in [5.74, 6) is 0.936. The Morgan fingerprint density at radius 2 is 1.93 bits per heavy atom. The van der Waals surface area contributed by atoms with Gasteiger partial charge in [-0.25, -0.2) is 9.97 Å². The summed E-state index contributed by atoms with van der Waals surface area (Å²) in [7, 11) is 0. The lowest BCUT2D eigenvalue weighted by Crippen LogP contribution is -2.41. The number of aromatic nitrogens is 2. The zero-order chi connectivity index (χ0) is 19.5. The molecular weight excluding hydrogens is 352 g/mol. The normalized spacial score (nSPS) is 17.5. The van der Waals surface area contributed by atoms with Crippen molar-refractivity contribution >= 4 is 5.91 Å². The molecule has 2 heterocycles. The highest BCUT2D eigenvalue weighted by atomic mass is 16.5. The van der Waals surface area contributed by atoms with Gasteiger partial charge in [0.15, 0.2) is 0 Å². The van der Waals surface area contributed by atoms with Gasteiger partial charge in [-0.15, -0.1) is 0 Å². The number of hydrogen-bond donors (Lipinski definition) is 1. The van der Waals surface area contributed by atoms with Crippen molar-refractivity contribution in [3.63, 3.8) is 0 Å². The molecule has 0 unspecified atom stereocenters. The molecule has 28 heavy (non-hydrogen) atoms. The highest BCUT2D eigenvalue weighted by Crippen LogP contribution is 2.29. The number of amides is 1. The summed E-state index contributed by atoms with van der Waals surface area (Å²) in [4.78, 5) is 23.0. The first kappa shape index (κ1) is 18.9. The average molecular weight is 380 g/mol. The molecule has 0 atom stereocenters. The van der Waals surface area contributed by atoms with Crippen LogP contribution in [0.3, 0.4) is 0 Å². The maximum atomic E-state index is 12.0. The van der Waals surface area contributed by atoms with Gasteiger partial charge < -0.3 is 10.1 Å². The van der Waals surface area contributed by atoms with Crippen LogP contribution in [0.2, 0.25) is 0 Å². The molecule has 6 heteroatoms.